The van der Waals surface area contributed by atoms with Crippen LogP contribution in [0, 0.1) is 6.92 Å². The lowest BCUT2D eigenvalue weighted by molar-refractivity contribution is 0.0615. The molecule has 0 saturated carbocycles. The number of hydrogen-bond donors (Lipinski definition) is 1. The first-order valence-corrected chi connectivity index (χ1v) is 6.03. The molecule has 2 unspecified atom stereocenters. The Balaban J connectivity index is 0.00000162. The van der Waals surface area contributed by atoms with Crippen LogP contribution in [0.5, 0.6) is 0 Å². The Hall–Kier alpha value is -1.07. The molecule has 0 aromatic carbocycles. The van der Waals surface area contributed by atoms with E-state index in [4.69, 9.17) is 0 Å². The van der Waals surface area contributed by atoms with E-state index in [1.54, 1.807) is 10.9 Å². The Morgan fingerprint density at radius 1 is 1.50 bits per heavy atom. The second-order valence-electron chi connectivity index (χ2n) is 4.88. The molecule has 0 radical (unpaired) electrons. The van der Waals surface area contributed by atoms with Crippen molar-refractivity contribution in [1.29, 1.82) is 0 Å². The molecule has 102 valence electrons. The van der Waals surface area contributed by atoms with Crippen LogP contribution in [0.2, 0.25) is 0 Å². The zero-order chi connectivity index (χ0) is 12.6. The standard InChI is InChI=1S/C12H20N4O.ClH/c1-8-7-16(9(2)5-13-8)12(17)11-6-14-15(4)10(11)3;/h6,8-9,13H,5,7H2,1-4H3;1H. The van der Waals surface area contributed by atoms with Crippen molar-refractivity contribution in [3.63, 3.8) is 0 Å². The summed E-state index contributed by atoms with van der Waals surface area (Å²) in [5.41, 5.74) is 1.64. The van der Waals surface area contributed by atoms with E-state index >= 15 is 0 Å². The molecule has 1 aliphatic rings. The Bertz CT molecular complexity index is 432. The fourth-order valence-electron chi connectivity index (χ4n) is 2.17. The highest BCUT2D eigenvalue weighted by Gasteiger charge is 2.28. The zero-order valence-corrected chi connectivity index (χ0v) is 12.1. The van der Waals surface area contributed by atoms with Crippen molar-refractivity contribution >= 4 is 18.3 Å². The fourth-order valence-corrected chi connectivity index (χ4v) is 2.17. The summed E-state index contributed by atoms with van der Waals surface area (Å²) >= 11 is 0. The SMILES string of the molecule is Cc1c(C(=O)N2CC(C)NCC2C)cnn1C.Cl. The van der Waals surface area contributed by atoms with Crippen molar-refractivity contribution in [2.75, 3.05) is 13.1 Å². The van der Waals surface area contributed by atoms with E-state index in [9.17, 15) is 4.79 Å². The molecule has 1 amide bonds. The van der Waals surface area contributed by atoms with Crippen LogP contribution in [0.1, 0.15) is 29.9 Å². The minimum atomic E-state index is 0. The molecule has 2 rings (SSSR count). The average Bonchev–Trinajstić information content (AvgIpc) is 2.62. The summed E-state index contributed by atoms with van der Waals surface area (Å²) in [7, 11) is 1.86. The molecule has 6 heteroatoms. The number of nitrogens with zero attached hydrogens (tertiary/aromatic N) is 3. The van der Waals surface area contributed by atoms with Crippen LogP contribution in [0.3, 0.4) is 0 Å². The smallest absolute Gasteiger partial charge is 0.257 e. The van der Waals surface area contributed by atoms with Crippen LogP contribution in [-0.4, -0.2) is 45.8 Å². The topological polar surface area (TPSA) is 50.2 Å². The first-order valence-electron chi connectivity index (χ1n) is 6.03. The van der Waals surface area contributed by atoms with Crippen LogP contribution in [-0.2, 0) is 7.05 Å². The van der Waals surface area contributed by atoms with Crippen molar-refractivity contribution in [2.24, 2.45) is 7.05 Å². The van der Waals surface area contributed by atoms with E-state index in [0.717, 1.165) is 18.8 Å². The van der Waals surface area contributed by atoms with Crippen LogP contribution in [0.25, 0.3) is 0 Å². The number of halogens is 1. The lowest BCUT2D eigenvalue weighted by atomic mass is 10.1. The van der Waals surface area contributed by atoms with Gasteiger partial charge >= 0.3 is 0 Å². The van der Waals surface area contributed by atoms with Crippen molar-refractivity contribution in [1.82, 2.24) is 20.0 Å². The normalized spacial score (nSPS) is 23.7. The third kappa shape index (κ3) is 2.67. The van der Waals surface area contributed by atoms with Gasteiger partial charge < -0.3 is 10.2 Å². The predicted octanol–water partition coefficient (Wildman–Crippen LogP) is 0.973. The molecule has 1 aliphatic heterocycles. The molecule has 18 heavy (non-hydrogen) atoms. The quantitative estimate of drug-likeness (QED) is 0.829. The van der Waals surface area contributed by atoms with Crippen LogP contribution < -0.4 is 5.32 Å². The van der Waals surface area contributed by atoms with Gasteiger partial charge in [-0.2, -0.15) is 5.10 Å². The van der Waals surface area contributed by atoms with Crippen molar-refractivity contribution < 1.29 is 4.79 Å². The minimum Gasteiger partial charge on any atom is -0.333 e. The highest BCUT2D eigenvalue weighted by atomic mass is 35.5. The molecular weight excluding hydrogens is 252 g/mol. The molecule has 1 aromatic rings. The Morgan fingerprint density at radius 2 is 2.17 bits per heavy atom. The zero-order valence-electron chi connectivity index (χ0n) is 11.3. The van der Waals surface area contributed by atoms with Gasteiger partial charge in [-0.25, -0.2) is 0 Å². The predicted molar refractivity (Wildman–Crippen MR) is 73.2 cm³/mol. The summed E-state index contributed by atoms with van der Waals surface area (Å²) in [5.74, 6) is 0.0939. The number of aromatic nitrogens is 2. The van der Waals surface area contributed by atoms with Crippen molar-refractivity contribution in [2.45, 2.75) is 32.9 Å². The molecule has 1 N–H and O–H groups in total. The average molecular weight is 273 g/mol. The summed E-state index contributed by atoms with van der Waals surface area (Å²) in [4.78, 5) is 14.4. The number of piperazine rings is 1. The summed E-state index contributed by atoms with van der Waals surface area (Å²) in [6, 6.07) is 0.588. The number of hydrogen-bond acceptors (Lipinski definition) is 3. The maximum Gasteiger partial charge on any atom is 0.257 e. The molecule has 0 bridgehead atoms. The van der Waals surface area contributed by atoms with Gasteiger partial charge in [-0.15, -0.1) is 12.4 Å². The number of amides is 1. The first kappa shape index (κ1) is 15.0. The second kappa shape index (κ2) is 5.71. The van der Waals surface area contributed by atoms with Crippen LogP contribution in [0.4, 0.5) is 0 Å². The molecule has 0 spiro atoms. The molecule has 1 aromatic heterocycles. The van der Waals surface area contributed by atoms with E-state index in [1.165, 1.54) is 0 Å². The van der Waals surface area contributed by atoms with Gasteiger partial charge in [-0.3, -0.25) is 9.48 Å². The molecule has 5 nitrogen and oxygen atoms in total. The van der Waals surface area contributed by atoms with Gasteiger partial charge in [-0.05, 0) is 20.8 Å². The van der Waals surface area contributed by atoms with Gasteiger partial charge in [-0.1, -0.05) is 0 Å². The van der Waals surface area contributed by atoms with E-state index in [1.807, 2.05) is 18.9 Å². The summed E-state index contributed by atoms with van der Waals surface area (Å²) in [5, 5.41) is 7.50. The number of nitrogens with one attached hydrogen (secondary N) is 1. The maximum absolute atomic E-state index is 12.4. The first-order chi connectivity index (χ1) is 8.00. The summed E-state index contributed by atoms with van der Waals surface area (Å²) in [6.07, 6.45) is 1.66. The van der Waals surface area contributed by atoms with E-state index in [0.29, 0.717) is 11.6 Å². The lowest BCUT2D eigenvalue weighted by Gasteiger charge is -2.37. The van der Waals surface area contributed by atoms with E-state index in [-0.39, 0.29) is 24.4 Å². The number of rotatable bonds is 1. The monoisotopic (exact) mass is 272 g/mol. The van der Waals surface area contributed by atoms with Gasteiger partial charge in [0.2, 0.25) is 0 Å². The molecular formula is C12H21ClN4O. The van der Waals surface area contributed by atoms with Crippen molar-refractivity contribution in [3.8, 4) is 0 Å². The molecule has 1 saturated heterocycles. The minimum absolute atomic E-state index is 0. The fraction of sp³-hybridized carbons (Fsp3) is 0.667. The van der Waals surface area contributed by atoms with Gasteiger partial charge in [0.15, 0.2) is 0 Å². The molecule has 1 fully saturated rings. The van der Waals surface area contributed by atoms with Crippen LogP contribution >= 0.6 is 12.4 Å². The van der Waals surface area contributed by atoms with Gasteiger partial charge in [0.25, 0.3) is 5.91 Å². The van der Waals surface area contributed by atoms with Gasteiger partial charge in [0.05, 0.1) is 11.8 Å². The van der Waals surface area contributed by atoms with Gasteiger partial charge in [0.1, 0.15) is 0 Å². The summed E-state index contributed by atoms with van der Waals surface area (Å²) < 4.78 is 1.74. The van der Waals surface area contributed by atoms with Crippen LogP contribution in [0.15, 0.2) is 6.20 Å². The summed E-state index contributed by atoms with van der Waals surface area (Å²) in [6.45, 7) is 7.71. The third-order valence-electron chi connectivity index (χ3n) is 3.49. The molecule has 2 heterocycles. The number of carbonyl (C=O) groups excluding carboxylic acids is 1. The number of carbonyl (C=O) groups is 1. The van der Waals surface area contributed by atoms with E-state index in [2.05, 4.69) is 24.3 Å². The highest BCUT2D eigenvalue weighted by Crippen LogP contribution is 2.14. The second-order valence-corrected chi connectivity index (χ2v) is 4.88. The van der Waals surface area contributed by atoms with Crippen molar-refractivity contribution in [3.05, 3.63) is 17.5 Å². The Labute approximate surface area is 114 Å². The molecule has 2 atom stereocenters. The Kier molecular flexibility index (Phi) is 4.76. The third-order valence-corrected chi connectivity index (χ3v) is 3.49. The molecule has 0 aliphatic carbocycles. The highest BCUT2D eigenvalue weighted by molar-refractivity contribution is 5.95. The Morgan fingerprint density at radius 3 is 2.72 bits per heavy atom. The lowest BCUT2D eigenvalue weighted by Crippen LogP contribution is -2.56. The maximum atomic E-state index is 12.4. The largest absolute Gasteiger partial charge is 0.333 e. The van der Waals surface area contributed by atoms with Gasteiger partial charge in [0, 0.05) is 37.9 Å². The van der Waals surface area contributed by atoms with E-state index < -0.39 is 0 Å². The number of aryl methyl sites for hydroxylation is 1.